The Morgan fingerprint density at radius 2 is 2.33 bits per heavy atom. The van der Waals surface area contributed by atoms with Gasteiger partial charge in [-0.1, -0.05) is 6.08 Å². The van der Waals surface area contributed by atoms with E-state index in [9.17, 15) is 4.39 Å². The van der Waals surface area contributed by atoms with E-state index in [0.29, 0.717) is 5.88 Å². The zero-order valence-electron chi connectivity index (χ0n) is 10.3. The Labute approximate surface area is 110 Å². The van der Waals surface area contributed by atoms with E-state index in [-0.39, 0.29) is 13.2 Å². The largest absolute Gasteiger partial charge is 0.473 e. The lowest BCUT2D eigenvalue weighted by molar-refractivity contribution is 0.0384. The summed E-state index contributed by atoms with van der Waals surface area (Å²) in [6, 6.07) is 0. The number of nitrogens with zero attached hydrogens (tertiary/aromatic N) is 3. The number of likely N-dealkylation sites (N-methyl/N-ethyl adjacent to an activating group) is 1. The lowest BCUT2D eigenvalue weighted by atomic mass is 10.1. The van der Waals surface area contributed by atoms with Crippen LogP contribution in [0.4, 0.5) is 4.39 Å². The van der Waals surface area contributed by atoms with E-state index in [4.69, 9.17) is 4.74 Å². The molecule has 0 aromatic carbocycles. The molecular formula is C11H16FN3O2S. The van der Waals surface area contributed by atoms with E-state index in [1.165, 1.54) is 0 Å². The van der Waals surface area contributed by atoms with Gasteiger partial charge in [0.25, 0.3) is 5.88 Å². The van der Waals surface area contributed by atoms with Gasteiger partial charge in [-0.25, -0.2) is 4.39 Å². The molecule has 0 N–H and O–H groups in total. The van der Waals surface area contributed by atoms with Gasteiger partial charge < -0.3 is 14.4 Å². The second-order valence-corrected chi connectivity index (χ2v) is 4.57. The summed E-state index contributed by atoms with van der Waals surface area (Å²) >= 11 is 1.13. The third-order valence-corrected chi connectivity index (χ3v) is 3.16. The first-order valence-corrected chi connectivity index (χ1v) is 6.51. The number of rotatable bonds is 6. The van der Waals surface area contributed by atoms with Crippen LogP contribution in [-0.4, -0.2) is 53.9 Å². The average Bonchev–Trinajstić information content (AvgIpc) is 2.83. The molecule has 0 unspecified atom stereocenters. The van der Waals surface area contributed by atoms with Crippen LogP contribution in [0.25, 0.3) is 5.57 Å². The molecule has 1 aromatic heterocycles. The molecule has 0 fully saturated rings. The second-order valence-electron chi connectivity index (χ2n) is 4.04. The molecule has 0 spiro atoms. The van der Waals surface area contributed by atoms with Crippen molar-refractivity contribution in [3.63, 3.8) is 0 Å². The molecule has 0 amide bonds. The van der Waals surface area contributed by atoms with Crippen LogP contribution in [0.15, 0.2) is 6.08 Å². The van der Waals surface area contributed by atoms with Gasteiger partial charge in [0.15, 0.2) is 6.86 Å². The van der Waals surface area contributed by atoms with Crippen LogP contribution in [-0.2, 0) is 4.74 Å². The average molecular weight is 273 g/mol. The van der Waals surface area contributed by atoms with Gasteiger partial charge in [0.2, 0.25) is 0 Å². The first-order valence-electron chi connectivity index (χ1n) is 5.78. The highest BCUT2D eigenvalue weighted by molar-refractivity contribution is 6.99. The fraction of sp³-hybridized carbons (Fsp3) is 0.636. The number of hydrogen-bond donors (Lipinski definition) is 0. The molecule has 0 saturated heterocycles. The summed E-state index contributed by atoms with van der Waals surface area (Å²) in [4.78, 5) is 2.23. The third kappa shape index (κ3) is 3.47. The maximum Gasteiger partial charge on any atom is 0.253 e. The van der Waals surface area contributed by atoms with Crippen LogP contribution < -0.4 is 4.74 Å². The van der Waals surface area contributed by atoms with E-state index in [2.05, 4.69) is 31.5 Å². The molecule has 0 bridgehead atoms. The van der Waals surface area contributed by atoms with Crippen molar-refractivity contribution < 1.29 is 13.9 Å². The van der Waals surface area contributed by atoms with Crippen molar-refractivity contribution in [2.75, 3.05) is 40.2 Å². The summed E-state index contributed by atoms with van der Waals surface area (Å²) in [6.45, 7) is 1.61. The van der Waals surface area contributed by atoms with Gasteiger partial charge in [-0.05, 0) is 19.0 Å². The topological polar surface area (TPSA) is 47.5 Å². The number of halogens is 1. The lowest BCUT2D eigenvalue weighted by Gasteiger charge is -2.22. The summed E-state index contributed by atoms with van der Waals surface area (Å²) in [5, 5.41) is 0. The Kier molecular flexibility index (Phi) is 5.03. The molecule has 2 heterocycles. The second kappa shape index (κ2) is 6.77. The molecule has 0 saturated carbocycles. The molecule has 1 aliphatic heterocycles. The standard InChI is InChI=1S/C11H16FN3O2S/c1-15-4-2-3-9(7-15)10-11(14-18-13-10)17-6-5-16-8-12/h3H,2,4-8H2,1H3. The van der Waals surface area contributed by atoms with Gasteiger partial charge in [-0.3, -0.25) is 0 Å². The van der Waals surface area contributed by atoms with Gasteiger partial charge in [0, 0.05) is 13.1 Å². The number of aromatic nitrogens is 2. The van der Waals surface area contributed by atoms with Crippen LogP contribution in [0.2, 0.25) is 0 Å². The van der Waals surface area contributed by atoms with Crippen molar-refractivity contribution in [2.45, 2.75) is 6.42 Å². The van der Waals surface area contributed by atoms with E-state index >= 15 is 0 Å². The van der Waals surface area contributed by atoms with Gasteiger partial charge in [0.1, 0.15) is 12.3 Å². The van der Waals surface area contributed by atoms with E-state index in [1.807, 2.05) is 0 Å². The van der Waals surface area contributed by atoms with E-state index in [0.717, 1.165) is 42.5 Å². The minimum Gasteiger partial charge on any atom is -0.473 e. The summed E-state index contributed by atoms with van der Waals surface area (Å²) in [7, 11) is 2.07. The number of alkyl halides is 1. The monoisotopic (exact) mass is 273 g/mol. The maximum atomic E-state index is 11.8. The van der Waals surface area contributed by atoms with Crippen molar-refractivity contribution in [1.82, 2.24) is 13.6 Å². The van der Waals surface area contributed by atoms with E-state index in [1.54, 1.807) is 0 Å². The number of ether oxygens (including phenoxy) is 2. The normalized spacial score (nSPS) is 16.7. The van der Waals surface area contributed by atoms with Crippen molar-refractivity contribution in [1.29, 1.82) is 0 Å². The molecular weight excluding hydrogens is 257 g/mol. The molecule has 2 rings (SSSR count). The van der Waals surface area contributed by atoms with Crippen molar-refractivity contribution in [3.8, 4) is 5.88 Å². The molecule has 100 valence electrons. The summed E-state index contributed by atoms with van der Waals surface area (Å²) < 4.78 is 30.2. The third-order valence-electron chi connectivity index (χ3n) is 2.65. The highest BCUT2D eigenvalue weighted by Crippen LogP contribution is 2.26. The van der Waals surface area contributed by atoms with Gasteiger partial charge in [0.05, 0.1) is 18.3 Å². The molecule has 0 atom stereocenters. The first kappa shape index (κ1) is 13.4. The van der Waals surface area contributed by atoms with E-state index < -0.39 is 6.86 Å². The van der Waals surface area contributed by atoms with Gasteiger partial charge in [-0.15, -0.1) is 4.37 Å². The highest BCUT2D eigenvalue weighted by Gasteiger charge is 2.18. The Morgan fingerprint density at radius 3 is 3.11 bits per heavy atom. The van der Waals surface area contributed by atoms with Crippen molar-refractivity contribution >= 4 is 17.3 Å². The first-order chi connectivity index (χ1) is 8.81. The van der Waals surface area contributed by atoms with Crippen LogP contribution in [0.1, 0.15) is 12.1 Å². The fourth-order valence-corrected chi connectivity index (χ4v) is 2.32. The molecule has 1 aromatic rings. The van der Waals surface area contributed by atoms with Crippen LogP contribution >= 0.6 is 11.7 Å². The minimum absolute atomic E-state index is 0.215. The predicted octanol–water partition coefficient (Wildman–Crippen LogP) is 1.58. The minimum atomic E-state index is -0.790. The zero-order chi connectivity index (χ0) is 12.8. The van der Waals surface area contributed by atoms with Crippen molar-refractivity contribution in [2.24, 2.45) is 0 Å². The molecule has 1 aliphatic rings. The van der Waals surface area contributed by atoms with Crippen LogP contribution in [0.3, 0.4) is 0 Å². The van der Waals surface area contributed by atoms with Crippen LogP contribution in [0.5, 0.6) is 5.88 Å². The molecule has 18 heavy (non-hydrogen) atoms. The summed E-state index contributed by atoms with van der Waals surface area (Å²) in [5.41, 5.74) is 1.94. The smallest absolute Gasteiger partial charge is 0.253 e. The molecule has 0 radical (unpaired) electrons. The zero-order valence-corrected chi connectivity index (χ0v) is 11.1. The molecule has 5 nitrogen and oxygen atoms in total. The predicted molar refractivity (Wildman–Crippen MR) is 67.4 cm³/mol. The van der Waals surface area contributed by atoms with Crippen molar-refractivity contribution in [3.05, 3.63) is 11.8 Å². The highest BCUT2D eigenvalue weighted by atomic mass is 32.1. The Bertz CT molecular complexity index is 411. The fourth-order valence-electron chi connectivity index (χ4n) is 1.79. The Hall–Kier alpha value is -1.05. The van der Waals surface area contributed by atoms with Gasteiger partial charge >= 0.3 is 0 Å². The summed E-state index contributed by atoms with van der Waals surface area (Å²) in [5.74, 6) is 0.518. The van der Waals surface area contributed by atoms with Gasteiger partial charge in [-0.2, -0.15) is 4.37 Å². The molecule has 0 aliphatic carbocycles. The Morgan fingerprint density at radius 1 is 1.44 bits per heavy atom. The quantitative estimate of drug-likeness (QED) is 0.736. The molecule has 7 heteroatoms. The van der Waals surface area contributed by atoms with Crippen LogP contribution in [0, 0.1) is 0 Å². The summed E-state index contributed by atoms with van der Waals surface area (Å²) in [6.07, 6.45) is 3.18. The SMILES string of the molecule is CN1CCC=C(c2nsnc2OCCOCF)C1. The maximum absolute atomic E-state index is 11.8. The Balaban J connectivity index is 1.96. The number of hydrogen-bond acceptors (Lipinski definition) is 6. The lowest BCUT2D eigenvalue weighted by Crippen LogP contribution is -2.25.